The third-order valence-corrected chi connectivity index (χ3v) is 7.02. The summed E-state index contributed by atoms with van der Waals surface area (Å²) in [6.45, 7) is 2.31. The van der Waals surface area contributed by atoms with Crippen molar-refractivity contribution in [3.63, 3.8) is 0 Å². The van der Waals surface area contributed by atoms with Crippen molar-refractivity contribution >= 4 is 44.4 Å². The number of nitrogens with zero attached hydrogens (tertiary/aromatic N) is 2. The summed E-state index contributed by atoms with van der Waals surface area (Å²) < 4.78 is 24.1. The van der Waals surface area contributed by atoms with E-state index in [0.717, 1.165) is 12.0 Å². The maximum atomic E-state index is 12.1. The highest BCUT2D eigenvalue weighted by Crippen LogP contribution is 2.30. The number of carbonyl (C=O) groups excluding carboxylic acids is 1. The minimum Gasteiger partial charge on any atom is -0.329 e. The van der Waals surface area contributed by atoms with Gasteiger partial charge in [0.1, 0.15) is 5.37 Å². The van der Waals surface area contributed by atoms with Gasteiger partial charge in [-0.25, -0.2) is 13.4 Å². The second-order valence-corrected chi connectivity index (χ2v) is 8.48. The molecule has 1 unspecified atom stereocenters. The van der Waals surface area contributed by atoms with Crippen molar-refractivity contribution in [2.45, 2.75) is 12.3 Å². The molecule has 1 aliphatic heterocycles. The van der Waals surface area contributed by atoms with Crippen LogP contribution < -0.4 is 4.90 Å². The molecule has 100 valence electrons. The summed E-state index contributed by atoms with van der Waals surface area (Å²) in [5.74, 6) is 1.57. The molecule has 0 N–H and O–H groups in total. The molecule has 1 aliphatic rings. The van der Waals surface area contributed by atoms with E-state index in [0.29, 0.717) is 22.3 Å². The SMILES string of the molecule is CCS(=O)(=O)C1CSCCN1c1ncc(C=O)s1. The Morgan fingerprint density at radius 2 is 2.39 bits per heavy atom. The summed E-state index contributed by atoms with van der Waals surface area (Å²) in [4.78, 5) is 17.2. The first-order valence-corrected chi connectivity index (χ1v) is 9.24. The van der Waals surface area contributed by atoms with Gasteiger partial charge in [-0.3, -0.25) is 4.79 Å². The van der Waals surface area contributed by atoms with Crippen LogP contribution in [-0.4, -0.2) is 48.9 Å². The van der Waals surface area contributed by atoms with Crippen molar-refractivity contribution in [3.05, 3.63) is 11.1 Å². The standard InChI is InChI=1S/C10H14N2O3S3/c1-2-18(14,15)9-7-16-4-3-12(9)10-11-5-8(6-13)17-10/h5-6,9H,2-4,7H2,1H3. The summed E-state index contributed by atoms with van der Waals surface area (Å²) in [6.07, 6.45) is 2.23. The topological polar surface area (TPSA) is 67.3 Å². The van der Waals surface area contributed by atoms with Gasteiger partial charge in [-0.15, -0.1) is 0 Å². The number of anilines is 1. The van der Waals surface area contributed by atoms with Gasteiger partial charge in [-0.05, 0) is 0 Å². The average Bonchev–Trinajstić information content (AvgIpc) is 2.87. The van der Waals surface area contributed by atoms with Crippen LogP contribution in [0.1, 0.15) is 16.6 Å². The van der Waals surface area contributed by atoms with Crippen LogP contribution in [-0.2, 0) is 9.84 Å². The number of thioether (sulfide) groups is 1. The molecular weight excluding hydrogens is 292 g/mol. The number of aldehydes is 1. The molecule has 2 rings (SSSR count). The maximum Gasteiger partial charge on any atom is 0.187 e. The van der Waals surface area contributed by atoms with E-state index in [4.69, 9.17) is 0 Å². The van der Waals surface area contributed by atoms with E-state index >= 15 is 0 Å². The summed E-state index contributed by atoms with van der Waals surface area (Å²) in [5, 5.41) is 0.103. The van der Waals surface area contributed by atoms with E-state index < -0.39 is 15.2 Å². The Kier molecular flexibility index (Phi) is 4.29. The van der Waals surface area contributed by atoms with Crippen LogP contribution in [0.25, 0.3) is 0 Å². The van der Waals surface area contributed by atoms with Crippen LogP contribution in [0, 0.1) is 0 Å². The van der Waals surface area contributed by atoms with Gasteiger partial charge in [0.05, 0.1) is 11.1 Å². The van der Waals surface area contributed by atoms with E-state index in [1.807, 2.05) is 4.90 Å². The fourth-order valence-corrected chi connectivity index (χ4v) is 5.60. The largest absolute Gasteiger partial charge is 0.329 e. The smallest absolute Gasteiger partial charge is 0.187 e. The molecule has 1 aromatic rings. The molecule has 1 fully saturated rings. The number of thiazole rings is 1. The zero-order valence-corrected chi connectivity index (χ0v) is 12.4. The molecule has 5 nitrogen and oxygen atoms in total. The fraction of sp³-hybridized carbons (Fsp3) is 0.600. The van der Waals surface area contributed by atoms with Gasteiger partial charge in [0.2, 0.25) is 0 Å². The monoisotopic (exact) mass is 306 g/mol. The molecule has 1 saturated heterocycles. The lowest BCUT2D eigenvalue weighted by Crippen LogP contribution is -2.47. The Balaban J connectivity index is 2.31. The molecule has 18 heavy (non-hydrogen) atoms. The Labute approximate surface area is 115 Å². The quantitative estimate of drug-likeness (QED) is 0.780. The zero-order chi connectivity index (χ0) is 13.2. The second-order valence-electron chi connectivity index (χ2n) is 3.84. The molecule has 0 aromatic carbocycles. The molecule has 0 bridgehead atoms. The van der Waals surface area contributed by atoms with Gasteiger partial charge in [0.15, 0.2) is 21.3 Å². The highest BCUT2D eigenvalue weighted by atomic mass is 32.2. The predicted molar refractivity (Wildman–Crippen MR) is 75.4 cm³/mol. The van der Waals surface area contributed by atoms with Crippen molar-refractivity contribution in [2.75, 3.05) is 28.7 Å². The predicted octanol–water partition coefficient (Wildman–Crippen LogP) is 1.27. The van der Waals surface area contributed by atoms with Gasteiger partial charge in [0.25, 0.3) is 0 Å². The van der Waals surface area contributed by atoms with Crippen LogP contribution >= 0.6 is 23.1 Å². The van der Waals surface area contributed by atoms with Crippen LogP contribution in [0.2, 0.25) is 0 Å². The average molecular weight is 306 g/mol. The number of carbonyl (C=O) groups is 1. The van der Waals surface area contributed by atoms with Gasteiger partial charge >= 0.3 is 0 Å². The van der Waals surface area contributed by atoms with Crippen LogP contribution in [0.5, 0.6) is 0 Å². The summed E-state index contributed by atoms with van der Waals surface area (Å²) in [6, 6.07) is 0. The number of sulfone groups is 1. The lowest BCUT2D eigenvalue weighted by molar-refractivity contribution is 0.112. The third kappa shape index (κ3) is 2.70. The molecular formula is C10H14N2O3S3. The van der Waals surface area contributed by atoms with E-state index in [9.17, 15) is 13.2 Å². The molecule has 1 atom stereocenters. The Hall–Kier alpha value is -0.600. The molecule has 0 aliphatic carbocycles. The number of rotatable bonds is 4. The minimum atomic E-state index is -3.13. The lowest BCUT2D eigenvalue weighted by atomic mass is 10.5. The fourth-order valence-electron chi connectivity index (χ4n) is 1.75. The Bertz CT molecular complexity index is 526. The third-order valence-electron chi connectivity index (χ3n) is 2.77. The molecule has 8 heteroatoms. The van der Waals surface area contributed by atoms with E-state index in [-0.39, 0.29) is 5.75 Å². The van der Waals surface area contributed by atoms with Crippen molar-refractivity contribution < 1.29 is 13.2 Å². The summed E-state index contributed by atoms with van der Waals surface area (Å²) >= 11 is 2.89. The number of aromatic nitrogens is 1. The van der Waals surface area contributed by atoms with Crippen molar-refractivity contribution in [3.8, 4) is 0 Å². The number of hydrogen-bond acceptors (Lipinski definition) is 7. The molecule has 0 spiro atoms. The molecule has 0 radical (unpaired) electrons. The first kappa shape index (κ1) is 13.8. The van der Waals surface area contributed by atoms with Crippen LogP contribution in [0.15, 0.2) is 6.20 Å². The first-order chi connectivity index (χ1) is 8.58. The van der Waals surface area contributed by atoms with Gasteiger partial charge in [-0.2, -0.15) is 11.8 Å². The maximum absolute atomic E-state index is 12.1. The van der Waals surface area contributed by atoms with Crippen molar-refractivity contribution in [1.29, 1.82) is 0 Å². The number of hydrogen-bond donors (Lipinski definition) is 0. The van der Waals surface area contributed by atoms with Crippen LogP contribution in [0.3, 0.4) is 0 Å². The molecule has 2 heterocycles. The Morgan fingerprint density at radius 3 is 3.00 bits per heavy atom. The van der Waals surface area contributed by atoms with Gasteiger partial charge < -0.3 is 4.90 Å². The van der Waals surface area contributed by atoms with Crippen LogP contribution in [0.4, 0.5) is 5.13 Å². The summed E-state index contributed by atoms with van der Waals surface area (Å²) in [7, 11) is -3.13. The van der Waals surface area contributed by atoms with E-state index in [1.54, 1.807) is 18.7 Å². The van der Waals surface area contributed by atoms with Crippen molar-refractivity contribution in [2.24, 2.45) is 0 Å². The molecule has 0 saturated carbocycles. The molecule has 0 amide bonds. The normalized spacial score (nSPS) is 20.9. The van der Waals surface area contributed by atoms with Gasteiger partial charge in [-0.1, -0.05) is 18.3 Å². The summed E-state index contributed by atoms with van der Waals surface area (Å²) in [5.41, 5.74) is 0. The van der Waals surface area contributed by atoms with E-state index in [2.05, 4.69) is 4.98 Å². The van der Waals surface area contributed by atoms with E-state index in [1.165, 1.54) is 17.5 Å². The molecule has 1 aromatic heterocycles. The lowest BCUT2D eigenvalue weighted by Gasteiger charge is -2.34. The first-order valence-electron chi connectivity index (χ1n) is 5.55. The second kappa shape index (κ2) is 5.58. The minimum absolute atomic E-state index is 0.126. The van der Waals surface area contributed by atoms with Crippen molar-refractivity contribution in [1.82, 2.24) is 4.98 Å². The highest BCUT2D eigenvalue weighted by Gasteiger charge is 2.34. The zero-order valence-electron chi connectivity index (χ0n) is 9.90. The Morgan fingerprint density at radius 1 is 1.61 bits per heavy atom. The van der Waals surface area contributed by atoms with Gasteiger partial charge in [0, 0.05) is 23.8 Å². The highest BCUT2D eigenvalue weighted by molar-refractivity contribution is 8.01.